The van der Waals surface area contributed by atoms with E-state index < -0.39 is 6.09 Å². The van der Waals surface area contributed by atoms with Crippen LogP contribution in [-0.2, 0) is 4.84 Å². The number of carbonyl (C=O) groups is 1. The van der Waals surface area contributed by atoms with Crippen LogP contribution in [0.25, 0.3) is 0 Å². The normalized spacial score (nSPS) is 22.0. The van der Waals surface area contributed by atoms with Gasteiger partial charge in [-0.3, -0.25) is 4.84 Å². The molecule has 1 amide bonds. The van der Waals surface area contributed by atoms with Crippen LogP contribution in [0.5, 0.6) is 0 Å². The Labute approximate surface area is 87.0 Å². The minimum Gasteiger partial charge on any atom is -0.323 e. The van der Waals surface area contributed by atoms with Crippen molar-refractivity contribution in [3.8, 4) is 0 Å². The predicted molar refractivity (Wildman–Crippen MR) is 57.8 cm³/mol. The Morgan fingerprint density at radius 2 is 2.29 bits per heavy atom. The maximum atomic E-state index is 10.7. The molecule has 1 heterocycles. The van der Waals surface area contributed by atoms with E-state index in [4.69, 9.17) is 0 Å². The zero-order valence-electron chi connectivity index (χ0n) is 8.62. The van der Waals surface area contributed by atoms with E-state index in [0.717, 1.165) is 5.71 Å². The molecule has 0 unspecified atom stereocenters. The zero-order chi connectivity index (χ0) is 10.8. The molecular formula is C8H13N3O2S. The van der Waals surface area contributed by atoms with Gasteiger partial charge in [0.05, 0.1) is 4.75 Å². The summed E-state index contributed by atoms with van der Waals surface area (Å²) < 4.78 is -0.0646. The van der Waals surface area contributed by atoms with E-state index in [-0.39, 0.29) is 4.75 Å². The van der Waals surface area contributed by atoms with Crippen molar-refractivity contribution >= 4 is 28.7 Å². The molecule has 0 bridgehead atoms. The highest BCUT2D eigenvalue weighted by atomic mass is 32.2. The summed E-state index contributed by atoms with van der Waals surface area (Å²) >= 11 is 1.47. The Morgan fingerprint density at radius 3 is 2.71 bits per heavy atom. The first-order valence-corrected chi connectivity index (χ1v) is 4.99. The van der Waals surface area contributed by atoms with Crippen molar-refractivity contribution in [3.05, 3.63) is 0 Å². The highest BCUT2D eigenvalue weighted by Crippen LogP contribution is 2.33. The molecule has 0 radical (unpaired) electrons. The molecule has 0 aliphatic carbocycles. The summed E-state index contributed by atoms with van der Waals surface area (Å²) in [6.45, 7) is 6.01. The van der Waals surface area contributed by atoms with E-state index in [9.17, 15) is 4.79 Å². The number of nitrogens with zero attached hydrogens (tertiary/aromatic N) is 2. The highest BCUT2D eigenvalue weighted by molar-refractivity contribution is 8.16. The standard InChI is InChI=1S/C8H13N3O2S/c1-5-8(2,3)14-6(10-5)11-13-7(12)9-4/h1-4H3,(H,9,12). The number of thioether (sulfide) groups is 1. The molecule has 0 saturated carbocycles. The topological polar surface area (TPSA) is 63.0 Å². The van der Waals surface area contributed by atoms with E-state index in [0.29, 0.717) is 5.17 Å². The summed E-state index contributed by atoms with van der Waals surface area (Å²) in [6.07, 6.45) is -0.587. The van der Waals surface area contributed by atoms with Crippen LogP contribution in [0.2, 0.25) is 0 Å². The minimum atomic E-state index is -0.587. The quantitative estimate of drug-likeness (QED) is 0.533. The smallest absolute Gasteiger partial charge is 0.323 e. The number of hydrogen-bond donors (Lipinski definition) is 1. The third-order valence-electron chi connectivity index (χ3n) is 1.89. The third-order valence-corrected chi connectivity index (χ3v) is 3.05. The van der Waals surface area contributed by atoms with Gasteiger partial charge >= 0.3 is 6.09 Å². The lowest BCUT2D eigenvalue weighted by atomic mass is 10.1. The summed E-state index contributed by atoms with van der Waals surface area (Å²) in [5, 5.41) is 6.40. The predicted octanol–water partition coefficient (Wildman–Crippen LogP) is 1.60. The van der Waals surface area contributed by atoms with E-state index in [1.54, 1.807) is 0 Å². The molecule has 14 heavy (non-hydrogen) atoms. The number of aliphatic imine (C=N–C) groups is 1. The van der Waals surface area contributed by atoms with Gasteiger partial charge in [0.15, 0.2) is 0 Å². The maximum Gasteiger partial charge on any atom is 0.433 e. The van der Waals surface area contributed by atoms with Crippen LogP contribution < -0.4 is 5.32 Å². The zero-order valence-corrected chi connectivity index (χ0v) is 9.44. The third kappa shape index (κ3) is 2.47. The Bertz CT molecular complexity index is 310. The molecule has 1 rings (SSSR count). The van der Waals surface area contributed by atoms with Gasteiger partial charge in [0.25, 0.3) is 0 Å². The minimum absolute atomic E-state index is 0.0646. The fourth-order valence-electron chi connectivity index (χ4n) is 0.768. The van der Waals surface area contributed by atoms with Crippen LogP contribution >= 0.6 is 11.8 Å². The van der Waals surface area contributed by atoms with Gasteiger partial charge in [-0.15, -0.1) is 0 Å². The van der Waals surface area contributed by atoms with Gasteiger partial charge in [-0.25, -0.2) is 9.79 Å². The Kier molecular flexibility index (Phi) is 3.15. The lowest BCUT2D eigenvalue weighted by Crippen LogP contribution is -2.20. The number of rotatable bonds is 1. The van der Waals surface area contributed by atoms with Crippen molar-refractivity contribution in [2.24, 2.45) is 10.1 Å². The molecule has 1 aliphatic rings. The highest BCUT2D eigenvalue weighted by Gasteiger charge is 2.31. The molecule has 78 valence electrons. The van der Waals surface area contributed by atoms with Crippen LogP contribution in [0.1, 0.15) is 20.8 Å². The van der Waals surface area contributed by atoms with Crippen molar-refractivity contribution in [1.82, 2.24) is 5.32 Å². The van der Waals surface area contributed by atoms with Gasteiger partial charge < -0.3 is 5.32 Å². The van der Waals surface area contributed by atoms with Crippen LogP contribution in [-0.4, -0.2) is 28.8 Å². The van der Waals surface area contributed by atoms with Crippen molar-refractivity contribution < 1.29 is 9.63 Å². The molecule has 0 saturated heterocycles. The van der Waals surface area contributed by atoms with Gasteiger partial charge in [0.2, 0.25) is 5.17 Å². The molecule has 1 N–H and O–H groups in total. The average Bonchev–Trinajstić information content (AvgIpc) is 2.37. The summed E-state index contributed by atoms with van der Waals surface area (Å²) in [5.41, 5.74) is 0.974. The van der Waals surface area contributed by atoms with E-state index in [1.165, 1.54) is 18.8 Å². The Hall–Kier alpha value is -1.04. The van der Waals surface area contributed by atoms with Crippen LogP contribution in [0, 0.1) is 0 Å². The van der Waals surface area contributed by atoms with E-state index in [1.807, 2.05) is 20.8 Å². The van der Waals surface area contributed by atoms with E-state index in [2.05, 4.69) is 20.3 Å². The number of oxime groups is 1. The van der Waals surface area contributed by atoms with Gasteiger partial charge in [-0.05, 0) is 25.9 Å². The summed E-state index contributed by atoms with van der Waals surface area (Å²) in [6, 6.07) is 0. The first-order chi connectivity index (χ1) is 6.45. The number of carbonyl (C=O) groups excluding carboxylic acids is 1. The molecule has 0 aromatic carbocycles. The molecule has 6 heteroatoms. The first kappa shape index (κ1) is 11.0. The molecule has 0 spiro atoms. The largest absolute Gasteiger partial charge is 0.433 e. The molecule has 1 aliphatic heterocycles. The van der Waals surface area contributed by atoms with Gasteiger partial charge in [0.1, 0.15) is 0 Å². The van der Waals surface area contributed by atoms with Crippen molar-refractivity contribution in [2.45, 2.75) is 25.5 Å². The summed E-state index contributed by atoms with van der Waals surface area (Å²) in [7, 11) is 1.47. The fraction of sp³-hybridized carbons (Fsp3) is 0.625. The van der Waals surface area contributed by atoms with Crippen molar-refractivity contribution in [1.29, 1.82) is 0 Å². The van der Waals surface area contributed by atoms with E-state index >= 15 is 0 Å². The molecule has 5 nitrogen and oxygen atoms in total. The first-order valence-electron chi connectivity index (χ1n) is 4.17. The molecule has 0 atom stereocenters. The SMILES string of the molecule is CNC(=O)ON=C1N=C(C)C(C)(C)S1. The summed E-state index contributed by atoms with van der Waals surface area (Å²) in [4.78, 5) is 19.4. The summed E-state index contributed by atoms with van der Waals surface area (Å²) in [5.74, 6) is 0. The Morgan fingerprint density at radius 1 is 1.64 bits per heavy atom. The van der Waals surface area contributed by atoms with Crippen molar-refractivity contribution in [2.75, 3.05) is 7.05 Å². The van der Waals surface area contributed by atoms with Gasteiger partial charge in [-0.2, -0.15) is 0 Å². The number of amides is 1. The van der Waals surface area contributed by atoms with Crippen LogP contribution in [0.15, 0.2) is 10.1 Å². The van der Waals surface area contributed by atoms with Gasteiger partial charge in [0, 0.05) is 12.8 Å². The van der Waals surface area contributed by atoms with Gasteiger partial charge in [-0.1, -0.05) is 11.8 Å². The lowest BCUT2D eigenvalue weighted by Gasteiger charge is -2.14. The molecular weight excluding hydrogens is 202 g/mol. The molecule has 0 fully saturated rings. The second-order valence-electron chi connectivity index (χ2n) is 3.31. The number of amidine groups is 1. The van der Waals surface area contributed by atoms with Crippen molar-refractivity contribution in [3.63, 3.8) is 0 Å². The fourth-order valence-corrected chi connectivity index (χ4v) is 1.68. The lowest BCUT2D eigenvalue weighted by molar-refractivity contribution is 0.153. The second kappa shape index (κ2) is 4.00. The van der Waals surface area contributed by atoms with Crippen LogP contribution in [0.3, 0.4) is 0 Å². The molecule has 0 aromatic heterocycles. The Balaban J connectivity index is 2.62. The second-order valence-corrected chi connectivity index (χ2v) is 4.90. The average molecular weight is 215 g/mol. The molecule has 0 aromatic rings. The monoisotopic (exact) mass is 215 g/mol. The maximum absolute atomic E-state index is 10.7. The van der Waals surface area contributed by atoms with Crippen LogP contribution in [0.4, 0.5) is 4.79 Å². The number of nitrogens with one attached hydrogen (secondary N) is 1. The number of hydrogen-bond acceptors (Lipinski definition) is 4.